The van der Waals surface area contributed by atoms with E-state index in [9.17, 15) is 15.0 Å². The van der Waals surface area contributed by atoms with Crippen LogP contribution in [0.5, 0.6) is 0 Å². The summed E-state index contributed by atoms with van der Waals surface area (Å²) in [6.07, 6.45) is -3.29. The summed E-state index contributed by atoms with van der Waals surface area (Å²) in [4.78, 5) is 14.1. The molecule has 1 rings (SSSR count). The van der Waals surface area contributed by atoms with Crippen LogP contribution in [0.4, 0.5) is 0 Å². The lowest BCUT2D eigenvalue weighted by Crippen LogP contribution is -2.22. The number of hydrogen-bond acceptors (Lipinski definition) is 4. The van der Waals surface area contributed by atoms with Gasteiger partial charge in [0.15, 0.2) is 0 Å². The van der Waals surface area contributed by atoms with Crippen molar-refractivity contribution in [1.82, 2.24) is 4.98 Å². The lowest BCUT2D eigenvalue weighted by molar-refractivity contribution is -0.141. The molecule has 0 saturated heterocycles. The van der Waals surface area contributed by atoms with Crippen LogP contribution in [-0.2, 0) is 4.79 Å². The van der Waals surface area contributed by atoms with Crippen LogP contribution in [0, 0.1) is 0 Å². The van der Waals surface area contributed by atoms with Gasteiger partial charge in [-0.3, -0.25) is 4.79 Å². The van der Waals surface area contributed by atoms with E-state index in [1.54, 1.807) is 6.07 Å². The van der Waals surface area contributed by atoms with Gasteiger partial charge < -0.3 is 15.3 Å². The zero-order valence-corrected chi connectivity index (χ0v) is 8.42. The smallest absolute Gasteiger partial charge is 0.306 e. The molecule has 82 valence electrons. The number of aliphatic carboxylic acids is 1. The van der Waals surface area contributed by atoms with Crippen LogP contribution < -0.4 is 0 Å². The van der Waals surface area contributed by atoms with Crippen molar-refractivity contribution in [3.05, 3.63) is 29.0 Å². The summed E-state index contributed by atoms with van der Waals surface area (Å²) in [5.74, 6) is -1.19. The predicted octanol–water partition coefficient (Wildman–Crippen LogP) is 0.604. The average Bonchev–Trinajstić information content (AvgIpc) is 2.15. The van der Waals surface area contributed by atoms with Gasteiger partial charge in [-0.2, -0.15) is 0 Å². The quantitative estimate of drug-likeness (QED) is 0.661. The largest absolute Gasteiger partial charge is 0.481 e. The molecule has 3 N–H and O–H groups in total. The third kappa shape index (κ3) is 3.47. The Morgan fingerprint density at radius 3 is 2.67 bits per heavy atom. The molecular weight excluding hydrogens is 222 g/mol. The van der Waals surface area contributed by atoms with Crippen LogP contribution in [0.25, 0.3) is 0 Å². The van der Waals surface area contributed by atoms with Crippen LogP contribution in [-0.4, -0.2) is 32.4 Å². The molecule has 0 saturated carbocycles. The van der Waals surface area contributed by atoms with Crippen LogP contribution in [0.1, 0.15) is 18.2 Å². The van der Waals surface area contributed by atoms with E-state index in [1.807, 2.05) is 0 Å². The Hall–Kier alpha value is -1.17. The molecule has 0 amide bonds. The Bertz CT molecular complexity index is 358. The van der Waals surface area contributed by atoms with E-state index in [4.69, 9.17) is 16.7 Å². The number of aromatic nitrogens is 1. The van der Waals surface area contributed by atoms with Crippen LogP contribution in [0.2, 0.25) is 5.15 Å². The third-order valence-electron chi connectivity index (χ3n) is 1.79. The number of carboxylic acid groups (broad SMARTS) is 1. The Morgan fingerprint density at radius 1 is 1.47 bits per heavy atom. The first-order valence-corrected chi connectivity index (χ1v) is 4.59. The topological polar surface area (TPSA) is 90.7 Å². The summed E-state index contributed by atoms with van der Waals surface area (Å²) in [5, 5.41) is 27.4. The van der Waals surface area contributed by atoms with E-state index < -0.39 is 24.6 Å². The number of hydrogen-bond donors (Lipinski definition) is 3. The van der Waals surface area contributed by atoms with Gasteiger partial charge in [-0.15, -0.1) is 0 Å². The fourth-order valence-corrected chi connectivity index (χ4v) is 1.25. The van der Waals surface area contributed by atoms with Gasteiger partial charge in [0.05, 0.1) is 18.2 Å². The molecule has 0 aliphatic heterocycles. The minimum atomic E-state index is -1.39. The SMILES string of the molecule is O=C(O)CC(O)C(O)c1cccc(Cl)n1. The standard InChI is InChI=1S/C9H10ClNO4/c10-7-3-1-2-5(11-7)9(15)6(12)4-8(13)14/h1-3,6,9,12,15H,4H2,(H,13,14). The highest BCUT2D eigenvalue weighted by molar-refractivity contribution is 6.29. The van der Waals surface area contributed by atoms with Gasteiger partial charge in [-0.1, -0.05) is 17.7 Å². The van der Waals surface area contributed by atoms with Crippen LogP contribution in [0.3, 0.4) is 0 Å². The highest BCUT2D eigenvalue weighted by Gasteiger charge is 2.22. The Morgan fingerprint density at radius 2 is 2.13 bits per heavy atom. The summed E-state index contributed by atoms with van der Waals surface area (Å²) in [6, 6.07) is 4.53. The number of carboxylic acids is 1. The molecule has 0 aliphatic rings. The minimum absolute atomic E-state index is 0.149. The third-order valence-corrected chi connectivity index (χ3v) is 2.00. The van der Waals surface area contributed by atoms with Gasteiger partial charge in [0.2, 0.25) is 0 Å². The molecule has 2 unspecified atom stereocenters. The normalized spacial score (nSPS) is 14.6. The van der Waals surface area contributed by atoms with Crippen molar-refractivity contribution in [3.63, 3.8) is 0 Å². The maximum Gasteiger partial charge on any atom is 0.306 e. The highest BCUT2D eigenvalue weighted by atomic mass is 35.5. The Balaban J connectivity index is 2.75. The predicted molar refractivity (Wildman–Crippen MR) is 52.5 cm³/mol. The average molecular weight is 232 g/mol. The fraction of sp³-hybridized carbons (Fsp3) is 0.333. The maximum atomic E-state index is 10.3. The number of aliphatic hydroxyl groups is 2. The summed E-state index contributed by atoms with van der Waals surface area (Å²) < 4.78 is 0. The van der Waals surface area contributed by atoms with E-state index in [0.717, 1.165) is 0 Å². The molecule has 0 radical (unpaired) electrons. The van der Waals surface area contributed by atoms with E-state index in [0.29, 0.717) is 0 Å². The van der Waals surface area contributed by atoms with Crippen LogP contribution in [0.15, 0.2) is 18.2 Å². The van der Waals surface area contributed by atoms with Gasteiger partial charge in [0.1, 0.15) is 11.3 Å². The first-order valence-electron chi connectivity index (χ1n) is 4.21. The number of halogens is 1. The molecule has 15 heavy (non-hydrogen) atoms. The first kappa shape index (κ1) is 11.9. The number of nitrogens with zero attached hydrogens (tertiary/aromatic N) is 1. The molecule has 0 fully saturated rings. The zero-order valence-electron chi connectivity index (χ0n) is 7.67. The zero-order chi connectivity index (χ0) is 11.4. The van der Waals surface area contributed by atoms with Crippen molar-refractivity contribution < 1.29 is 20.1 Å². The van der Waals surface area contributed by atoms with E-state index in [2.05, 4.69) is 4.98 Å². The lowest BCUT2D eigenvalue weighted by Gasteiger charge is -2.15. The molecule has 1 heterocycles. The second-order valence-electron chi connectivity index (χ2n) is 3.00. The van der Waals surface area contributed by atoms with Gasteiger partial charge in [0, 0.05) is 0 Å². The van der Waals surface area contributed by atoms with Crippen molar-refractivity contribution in [1.29, 1.82) is 0 Å². The van der Waals surface area contributed by atoms with Crippen molar-refractivity contribution in [2.45, 2.75) is 18.6 Å². The summed E-state index contributed by atoms with van der Waals surface area (Å²) >= 11 is 5.58. The number of rotatable bonds is 4. The fourth-order valence-electron chi connectivity index (χ4n) is 1.08. The van der Waals surface area contributed by atoms with Crippen molar-refractivity contribution >= 4 is 17.6 Å². The van der Waals surface area contributed by atoms with Gasteiger partial charge >= 0.3 is 5.97 Å². The molecule has 6 heteroatoms. The molecule has 0 spiro atoms. The number of pyridine rings is 1. The molecule has 1 aromatic heterocycles. The maximum absolute atomic E-state index is 10.3. The highest BCUT2D eigenvalue weighted by Crippen LogP contribution is 2.18. The van der Waals surface area contributed by atoms with Crippen molar-refractivity contribution in [2.24, 2.45) is 0 Å². The van der Waals surface area contributed by atoms with Gasteiger partial charge in [-0.25, -0.2) is 4.98 Å². The molecule has 2 atom stereocenters. The number of aliphatic hydroxyl groups excluding tert-OH is 2. The minimum Gasteiger partial charge on any atom is -0.481 e. The second kappa shape index (κ2) is 5.06. The molecule has 0 bridgehead atoms. The molecule has 1 aromatic rings. The molecular formula is C9H10ClNO4. The summed E-state index contributed by atoms with van der Waals surface area (Å²) in [6.45, 7) is 0. The Kier molecular flexibility index (Phi) is 4.02. The lowest BCUT2D eigenvalue weighted by atomic mass is 10.1. The second-order valence-corrected chi connectivity index (χ2v) is 3.38. The number of carbonyl (C=O) groups is 1. The first-order chi connectivity index (χ1) is 7.00. The molecule has 0 aliphatic carbocycles. The van der Waals surface area contributed by atoms with E-state index in [1.165, 1.54) is 12.1 Å². The van der Waals surface area contributed by atoms with Crippen LogP contribution >= 0.6 is 11.6 Å². The van der Waals surface area contributed by atoms with Gasteiger partial charge in [-0.05, 0) is 12.1 Å². The van der Waals surface area contributed by atoms with Crippen molar-refractivity contribution in [2.75, 3.05) is 0 Å². The van der Waals surface area contributed by atoms with E-state index >= 15 is 0 Å². The Labute approximate surface area is 91.0 Å². The summed E-state index contributed by atoms with van der Waals surface area (Å²) in [5.41, 5.74) is 0.149. The van der Waals surface area contributed by atoms with E-state index in [-0.39, 0.29) is 10.8 Å². The van der Waals surface area contributed by atoms with Gasteiger partial charge in [0.25, 0.3) is 0 Å². The monoisotopic (exact) mass is 231 g/mol. The molecule has 5 nitrogen and oxygen atoms in total. The van der Waals surface area contributed by atoms with Crippen molar-refractivity contribution in [3.8, 4) is 0 Å². The molecule has 0 aromatic carbocycles. The summed E-state index contributed by atoms with van der Waals surface area (Å²) in [7, 11) is 0.